The number of ether oxygens (including phenoxy) is 3. The van der Waals surface area contributed by atoms with Crippen LogP contribution in [0, 0.1) is 11.2 Å². The summed E-state index contributed by atoms with van der Waals surface area (Å²) in [7, 11) is 1.51. The molecule has 2 aliphatic heterocycles. The van der Waals surface area contributed by atoms with Gasteiger partial charge in [0.1, 0.15) is 0 Å². The molecule has 0 spiro atoms. The minimum atomic E-state index is -0.0978. The quantitative estimate of drug-likeness (QED) is 0.436. The molecular formula is C12H15IO3S. The van der Waals surface area contributed by atoms with Crippen LogP contribution in [0.2, 0.25) is 0 Å². The van der Waals surface area contributed by atoms with Gasteiger partial charge < -0.3 is 14.2 Å². The van der Waals surface area contributed by atoms with Gasteiger partial charge in [-0.25, -0.2) is 0 Å². The summed E-state index contributed by atoms with van der Waals surface area (Å²) in [4.78, 5) is 0. The molecule has 1 unspecified atom stereocenters. The van der Waals surface area contributed by atoms with Gasteiger partial charge in [-0.3, -0.25) is 0 Å². The Hall–Kier alpha value is 0.260. The fraction of sp³-hybridized carbons (Fsp3) is 0.667. The van der Waals surface area contributed by atoms with Gasteiger partial charge >= 0.3 is 0 Å². The SMILES string of the molecule is ISC#CCC1CC=C[C@@H](CC2OCCO2)O1. The van der Waals surface area contributed by atoms with E-state index in [0.717, 1.165) is 19.3 Å². The fourth-order valence-electron chi connectivity index (χ4n) is 1.91. The molecule has 1 saturated heterocycles. The lowest BCUT2D eigenvalue weighted by Crippen LogP contribution is -2.27. The van der Waals surface area contributed by atoms with E-state index in [4.69, 9.17) is 14.2 Å². The molecule has 2 rings (SSSR count). The molecule has 0 radical (unpaired) electrons. The minimum absolute atomic E-state index is 0.0978. The number of rotatable bonds is 3. The molecule has 0 aromatic heterocycles. The highest BCUT2D eigenvalue weighted by Crippen LogP contribution is 2.21. The Morgan fingerprint density at radius 3 is 2.94 bits per heavy atom. The van der Waals surface area contributed by atoms with E-state index in [2.05, 4.69) is 44.5 Å². The van der Waals surface area contributed by atoms with Crippen LogP contribution >= 0.6 is 30.1 Å². The smallest absolute Gasteiger partial charge is 0.160 e. The van der Waals surface area contributed by atoms with E-state index in [9.17, 15) is 0 Å². The van der Waals surface area contributed by atoms with Gasteiger partial charge in [0.15, 0.2) is 6.29 Å². The standard InChI is InChI=1S/C12H15IO3S/c13-17-8-2-5-10-3-1-4-11(16-10)9-12-14-6-7-15-12/h1,4,10-12H,3,5-7,9H2/t10?,11-/m0/s1. The third-order valence-electron chi connectivity index (χ3n) is 2.67. The van der Waals surface area contributed by atoms with Crippen LogP contribution in [0.4, 0.5) is 0 Å². The predicted octanol–water partition coefficient (Wildman–Crippen LogP) is 2.90. The van der Waals surface area contributed by atoms with Crippen molar-refractivity contribution in [1.82, 2.24) is 0 Å². The first-order chi connectivity index (χ1) is 8.38. The van der Waals surface area contributed by atoms with Crippen molar-refractivity contribution >= 4 is 30.1 Å². The summed E-state index contributed by atoms with van der Waals surface area (Å²) in [6.45, 7) is 1.39. The number of hydrogen-bond donors (Lipinski definition) is 0. The van der Waals surface area contributed by atoms with Crippen molar-refractivity contribution in [2.24, 2.45) is 0 Å². The Kier molecular flexibility index (Phi) is 6.15. The fourth-order valence-corrected chi connectivity index (χ4v) is 2.52. The minimum Gasteiger partial charge on any atom is -0.369 e. The lowest BCUT2D eigenvalue weighted by Gasteiger charge is -2.26. The molecule has 0 saturated carbocycles. The van der Waals surface area contributed by atoms with Crippen LogP contribution in [-0.4, -0.2) is 31.7 Å². The zero-order chi connectivity index (χ0) is 11.9. The number of halogens is 1. The molecule has 3 nitrogen and oxygen atoms in total. The zero-order valence-electron chi connectivity index (χ0n) is 9.43. The van der Waals surface area contributed by atoms with Gasteiger partial charge in [0.2, 0.25) is 0 Å². The Bertz CT molecular complexity index is 317. The molecule has 94 valence electrons. The molecule has 2 aliphatic rings. The average Bonchev–Trinajstić information content (AvgIpc) is 2.83. The van der Waals surface area contributed by atoms with Crippen LogP contribution in [0.25, 0.3) is 0 Å². The molecule has 5 heteroatoms. The average molecular weight is 366 g/mol. The molecule has 2 heterocycles. The largest absolute Gasteiger partial charge is 0.369 e. The zero-order valence-corrected chi connectivity index (χ0v) is 12.4. The first-order valence-electron chi connectivity index (χ1n) is 5.69. The Labute approximate surface area is 118 Å². The van der Waals surface area contributed by atoms with Crippen molar-refractivity contribution < 1.29 is 14.2 Å². The molecule has 2 atom stereocenters. The molecule has 0 aliphatic carbocycles. The molecule has 0 aromatic rings. The second-order valence-electron chi connectivity index (χ2n) is 3.93. The third kappa shape index (κ3) is 4.79. The monoisotopic (exact) mass is 366 g/mol. The van der Waals surface area contributed by atoms with Crippen molar-refractivity contribution in [1.29, 1.82) is 0 Å². The van der Waals surface area contributed by atoms with Gasteiger partial charge in [0.05, 0.1) is 25.4 Å². The molecule has 0 N–H and O–H groups in total. The van der Waals surface area contributed by atoms with Crippen molar-refractivity contribution in [2.45, 2.75) is 37.8 Å². The molecule has 1 fully saturated rings. The van der Waals surface area contributed by atoms with E-state index >= 15 is 0 Å². The lowest BCUT2D eigenvalue weighted by atomic mass is 10.1. The summed E-state index contributed by atoms with van der Waals surface area (Å²) in [5, 5.41) is 2.98. The summed E-state index contributed by atoms with van der Waals surface area (Å²) in [5.74, 6) is 3.10. The first-order valence-corrected chi connectivity index (χ1v) is 9.05. The highest BCUT2D eigenvalue weighted by atomic mass is 127. The highest BCUT2D eigenvalue weighted by molar-refractivity contribution is 14.2. The van der Waals surface area contributed by atoms with Gasteiger partial charge in [-0.15, -0.1) is 0 Å². The predicted molar refractivity (Wildman–Crippen MR) is 76.7 cm³/mol. The van der Waals surface area contributed by atoms with Gasteiger partial charge in [-0.1, -0.05) is 18.1 Å². The summed E-state index contributed by atoms with van der Waals surface area (Å²) in [5.41, 5.74) is 0. The van der Waals surface area contributed by atoms with E-state index in [-0.39, 0.29) is 18.5 Å². The molecule has 0 amide bonds. The Morgan fingerprint density at radius 1 is 1.35 bits per heavy atom. The van der Waals surface area contributed by atoms with E-state index in [1.807, 2.05) is 0 Å². The first kappa shape index (κ1) is 13.7. The summed E-state index contributed by atoms with van der Waals surface area (Å²) in [6, 6.07) is 0. The maximum Gasteiger partial charge on any atom is 0.160 e. The maximum absolute atomic E-state index is 5.93. The lowest BCUT2D eigenvalue weighted by molar-refractivity contribution is -0.0884. The topological polar surface area (TPSA) is 27.7 Å². The Morgan fingerprint density at radius 2 is 2.18 bits per heavy atom. The van der Waals surface area contributed by atoms with E-state index < -0.39 is 0 Å². The van der Waals surface area contributed by atoms with Crippen molar-refractivity contribution in [3.8, 4) is 11.2 Å². The van der Waals surface area contributed by atoms with E-state index in [0.29, 0.717) is 13.2 Å². The van der Waals surface area contributed by atoms with E-state index in [1.165, 1.54) is 8.93 Å². The second-order valence-corrected chi connectivity index (χ2v) is 5.61. The van der Waals surface area contributed by atoms with Crippen LogP contribution in [0.3, 0.4) is 0 Å². The van der Waals surface area contributed by atoms with Crippen LogP contribution in [0.1, 0.15) is 19.3 Å². The van der Waals surface area contributed by atoms with Crippen molar-refractivity contribution in [3.05, 3.63) is 12.2 Å². The van der Waals surface area contributed by atoms with Crippen LogP contribution in [0.15, 0.2) is 12.2 Å². The van der Waals surface area contributed by atoms with Gasteiger partial charge in [-0.05, 0) is 20.6 Å². The van der Waals surface area contributed by atoms with Gasteiger partial charge in [0, 0.05) is 34.0 Å². The number of hydrogen-bond acceptors (Lipinski definition) is 4. The third-order valence-corrected chi connectivity index (χ3v) is 3.56. The van der Waals surface area contributed by atoms with Crippen LogP contribution in [0.5, 0.6) is 0 Å². The van der Waals surface area contributed by atoms with E-state index in [1.54, 1.807) is 0 Å². The van der Waals surface area contributed by atoms with Crippen molar-refractivity contribution in [3.63, 3.8) is 0 Å². The van der Waals surface area contributed by atoms with Crippen LogP contribution in [-0.2, 0) is 14.2 Å². The molecule has 17 heavy (non-hydrogen) atoms. The molecular weight excluding hydrogens is 351 g/mol. The summed E-state index contributed by atoms with van der Waals surface area (Å²) in [6.07, 6.45) is 7.01. The van der Waals surface area contributed by atoms with Crippen molar-refractivity contribution in [2.75, 3.05) is 13.2 Å². The summed E-state index contributed by atoms with van der Waals surface area (Å²) < 4.78 is 16.8. The van der Waals surface area contributed by atoms with Gasteiger partial charge in [0.25, 0.3) is 0 Å². The Balaban J connectivity index is 1.76. The maximum atomic E-state index is 5.93. The highest BCUT2D eigenvalue weighted by Gasteiger charge is 2.24. The summed E-state index contributed by atoms with van der Waals surface area (Å²) >= 11 is 2.17. The second kappa shape index (κ2) is 7.64. The van der Waals surface area contributed by atoms with Crippen LogP contribution < -0.4 is 0 Å². The molecule has 0 bridgehead atoms. The molecule has 0 aromatic carbocycles. The van der Waals surface area contributed by atoms with Gasteiger partial charge in [-0.2, -0.15) is 0 Å². The normalized spacial score (nSPS) is 29.0.